The topological polar surface area (TPSA) is 33.2 Å². The number of carbonyl (C=O) groups is 1. The average Bonchev–Trinajstić information content (AvgIpc) is 3.18. The second-order valence-corrected chi connectivity index (χ2v) is 8.47. The lowest BCUT2D eigenvalue weighted by molar-refractivity contribution is 0.0985. The van der Waals surface area contributed by atoms with Crippen molar-refractivity contribution in [2.75, 3.05) is 4.90 Å². The van der Waals surface area contributed by atoms with Gasteiger partial charge < -0.3 is 0 Å². The van der Waals surface area contributed by atoms with Crippen LogP contribution >= 0.6 is 34.5 Å². The Morgan fingerprint density at radius 1 is 1.03 bits per heavy atom. The minimum atomic E-state index is -0.224. The van der Waals surface area contributed by atoms with Crippen LogP contribution in [-0.4, -0.2) is 10.9 Å². The molecule has 3 aromatic carbocycles. The van der Waals surface area contributed by atoms with Crippen LogP contribution in [0.2, 0.25) is 10.0 Å². The van der Waals surface area contributed by atoms with Crippen molar-refractivity contribution >= 4 is 55.8 Å². The number of nitrogens with zero attached hydrogens (tertiary/aromatic N) is 2. The molecule has 0 N–H and O–H groups in total. The Hall–Kier alpha value is -2.40. The number of fused-ring (bicyclic) bond motifs is 1. The molecule has 1 heterocycles. The first-order valence-electron chi connectivity index (χ1n) is 9.26. The van der Waals surface area contributed by atoms with E-state index < -0.39 is 0 Å². The third kappa shape index (κ3) is 4.15. The highest BCUT2D eigenvalue weighted by Crippen LogP contribution is 2.34. The van der Waals surface area contributed by atoms with Crippen molar-refractivity contribution in [2.24, 2.45) is 0 Å². The van der Waals surface area contributed by atoms with E-state index in [1.807, 2.05) is 42.5 Å². The lowest BCUT2D eigenvalue weighted by Crippen LogP contribution is -2.30. The van der Waals surface area contributed by atoms with Gasteiger partial charge >= 0.3 is 0 Å². The molecule has 146 valence electrons. The van der Waals surface area contributed by atoms with Crippen molar-refractivity contribution in [3.63, 3.8) is 0 Å². The smallest absolute Gasteiger partial charge is 0.261 e. The fourth-order valence-corrected chi connectivity index (χ4v) is 4.58. The lowest BCUT2D eigenvalue weighted by Gasteiger charge is -2.21. The van der Waals surface area contributed by atoms with Crippen LogP contribution < -0.4 is 4.90 Å². The zero-order valence-corrected chi connectivity index (χ0v) is 18.1. The minimum Gasteiger partial charge on any atom is -0.279 e. The molecule has 0 spiro atoms. The fourth-order valence-electron chi connectivity index (χ4n) is 3.19. The number of para-hydroxylation sites is 1. The van der Waals surface area contributed by atoms with E-state index in [2.05, 4.69) is 13.0 Å². The van der Waals surface area contributed by atoms with Gasteiger partial charge in [-0.3, -0.25) is 9.69 Å². The number of carbonyl (C=O) groups excluding carboxylic acids is 1. The van der Waals surface area contributed by atoms with Gasteiger partial charge in [0.05, 0.1) is 27.3 Å². The molecule has 0 aliphatic carbocycles. The quantitative estimate of drug-likeness (QED) is 0.334. The number of aromatic nitrogens is 1. The number of anilines is 1. The van der Waals surface area contributed by atoms with Crippen LogP contribution in [0, 0.1) is 0 Å². The van der Waals surface area contributed by atoms with Crippen LogP contribution in [0.25, 0.3) is 10.2 Å². The summed E-state index contributed by atoms with van der Waals surface area (Å²) in [5.41, 5.74) is 3.48. The number of rotatable bonds is 5. The lowest BCUT2D eigenvalue weighted by atomic mass is 10.1. The molecular formula is C23H18Cl2N2OS. The van der Waals surface area contributed by atoms with Crippen LogP contribution in [0.4, 0.5) is 5.13 Å². The third-order valence-electron chi connectivity index (χ3n) is 4.69. The third-order valence-corrected chi connectivity index (χ3v) is 6.30. The first kappa shape index (κ1) is 19.9. The van der Waals surface area contributed by atoms with Crippen LogP contribution in [0.5, 0.6) is 0 Å². The molecule has 0 radical (unpaired) electrons. The van der Waals surface area contributed by atoms with Gasteiger partial charge in [-0.2, -0.15) is 0 Å². The largest absolute Gasteiger partial charge is 0.279 e. The first-order chi connectivity index (χ1) is 14.1. The Balaban J connectivity index is 1.82. The summed E-state index contributed by atoms with van der Waals surface area (Å²) in [5, 5.41) is 1.48. The number of hydrogen-bond donors (Lipinski definition) is 0. The Bertz CT molecular complexity index is 1170. The van der Waals surface area contributed by atoms with E-state index in [0.717, 1.165) is 27.8 Å². The van der Waals surface area contributed by atoms with Crippen molar-refractivity contribution in [3.8, 4) is 0 Å². The van der Waals surface area contributed by atoms with E-state index in [1.54, 1.807) is 23.1 Å². The molecule has 4 aromatic rings. The molecule has 1 aromatic heterocycles. The first-order valence-corrected chi connectivity index (χ1v) is 10.8. The van der Waals surface area contributed by atoms with Crippen LogP contribution in [0.1, 0.15) is 28.4 Å². The van der Waals surface area contributed by atoms with Gasteiger partial charge in [-0.15, -0.1) is 0 Å². The fraction of sp³-hybridized carbons (Fsp3) is 0.130. The van der Waals surface area contributed by atoms with Gasteiger partial charge in [0.1, 0.15) is 0 Å². The molecule has 0 saturated carbocycles. The second-order valence-electron chi connectivity index (χ2n) is 6.61. The van der Waals surface area contributed by atoms with Gasteiger partial charge in [-0.25, -0.2) is 4.98 Å². The molecule has 0 atom stereocenters. The van der Waals surface area contributed by atoms with E-state index in [0.29, 0.717) is 27.3 Å². The van der Waals surface area contributed by atoms with Crippen molar-refractivity contribution < 1.29 is 4.79 Å². The summed E-state index contributed by atoms with van der Waals surface area (Å²) in [7, 11) is 0. The van der Waals surface area contributed by atoms with E-state index >= 15 is 0 Å². The Labute approximate surface area is 183 Å². The monoisotopic (exact) mass is 440 g/mol. The molecule has 0 fully saturated rings. The zero-order valence-electron chi connectivity index (χ0n) is 15.7. The number of benzene rings is 3. The van der Waals surface area contributed by atoms with Crippen LogP contribution in [0.15, 0.2) is 66.7 Å². The number of aryl methyl sites for hydroxylation is 1. The zero-order chi connectivity index (χ0) is 20.4. The highest BCUT2D eigenvalue weighted by atomic mass is 35.5. The van der Waals surface area contributed by atoms with Gasteiger partial charge in [0.2, 0.25) is 0 Å². The Kier molecular flexibility index (Phi) is 5.86. The molecule has 29 heavy (non-hydrogen) atoms. The maximum Gasteiger partial charge on any atom is 0.261 e. The van der Waals surface area contributed by atoms with Gasteiger partial charge in [0.25, 0.3) is 5.91 Å². The summed E-state index contributed by atoms with van der Waals surface area (Å²) in [6, 6.07) is 20.9. The molecule has 0 aliphatic rings. The normalized spacial score (nSPS) is 11.0. The molecule has 3 nitrogen and oxygen atoms in total. The average molecular weight is 441 g/mol. The standard InChI is InChI=1S/C23H18Cl2N2OS/c1-2-16-9-6-10-20-21(16)26-23(29-20)27(14-15-7-4-3-5-8-15)22(28)18-13-17(24)11-12-19(18)25/h3-13H,2,14H2,1H3. The maximum atomic E-state index is 13.5. The Morgan fingerprint density at radius 3 is 2.59 bits per heavy atom. The van der Waals surface area contributed by atoms with Gasteiger partial charge in [0, 0.05) is 5.02 Å². The van der Waals surface area contributed by atoms with Crippen molar-refractivity contribution in [1.82, 2.24) is 4.98 Å². The molecule has 0 aliphatic heterocycles. The van der Waals surface area contributed by atoms with Crippen LogP contribution in [0.3, 0.4) is 0 Å². The molecule has 0 saturated heterocycles. The number of hydrogen-bond acceptors (Lipinski definition) is 3. The summed E-state index contributed by atoms with van der Waals surface area (Å²) in [5.74, 6) is -0.224. The second kappa shape index (κ2) is 8.54. The molecule has 1 amide bonds. The van der Waals surface area contributed by atoms with E-state index in [9.17, 15) is 4.79 Å². The minimum absolute atomic E-state index is 0.224. The number of halogens is 2. The van der Waals surface area contributed by atoms with Gasteiger partial charge in [-0.1, -0.05) is 83.9 Å². The summed E-state index contributed by atoms with van der Waals surface area (Å²) in [6.07, 6.45) is 0.882. The van der Waals surface area contributed by atoms with Crippen molar-refractivity contribution in [2.45, 2.75) is 19.9 Å². The predicted octanol–water partition coefficient (Wildman–Crippen LogP) is 7.01. The SMILES string of the molecule is CCc1cccc2sc(N(Cc3ccccc3)C(=O)c3cc(Cl)ccc3Cl)nc12. The van der Waals surface area contributed by atoms with E-state index in [-0.39, 0.29) is 5.91 Å². The molecular weight excluding hydrogens is 423 g/mol. The number of thiazole rings is 1. The van der Waals surface area contributed by atoms with E-state index in [1.165, 1.54) is 11.3 Å². The summed E-state index contributed by atoms with van der Waals surface area (Å²) in [6.45, 7) is 2.50. The van der Waals surface area contributed by atoms with Crippen molar-refractivity contribution in [3.05, 3.63) is 93.5 Å². The van der Waals surface area contributed by atoms with Gasteiger partial charge in [0.15, 0.2) is 5.13 Å². The molecule has 6 heteroatoms. The highest BCUT2D eigenvalue weighted by molar-refractivity contribution is 7.22. The van der Waals surface area contributed by atoms with Crippen LogP contribution in [-0.2, 0) is 13.0 Å². The Morgan fingerprint density at radius 2 is 1.83 bits per heavy atom. The van der Waals surface area contributed by atoms with Gasteiger partial charge in [-0.05, 0) is 41.8 Å². The summed E-state index contributed by atoms with van der Waals surface area (Å²) >= 11 is 14.0. The highest BCUT2D eigenvalue weighted by Gasteiger charge is 2.24. The maximum absolute atomic E-state index is 13.5. The van der Waals surface area contributed by atoms with E-state index in [4.69, 9.17) is 28.2 Å². The molecule has 0 unspecified atom stereocenters. The molecule has 4 rings (SSSR count). The summed E-state index contributed by atoms with van der Waals surface area (Å²) < 4.78 is 1.06. The summed E-state index contributed by atoms with van der Waals surface area (Å²) in [4.78, 5) is 20.0. The van der Waals surface area contributed by atoms with Crippen molar-refractivity contribution in [1.29, 1.82) is 0 Å². The number of amides is 1. The predicted molar refractivity (Wildman–Crippen MR) is 122 cm³/mol. The molecule has 0 bridgehead atoms.